The summed E-state index contributed by atoms with van der Waals surface area (Å²) in [5.74, 6) is -0.772. The van der Waals surface area contributed by atoms with E-state index in [-0.39, 0.29) is 11.3 Å². The second-order valence-corrected chi connectivity index (χ2v) is 2.54. The number of aldehydes is 1. The van der Waals surface area contributed by atoms with Crippen LogP contribution in [-0.2, 0) is 0 Å². The van der Waals surface area contributed by atoms with Gasteiger partial charge in [0.2, 0.25) is 0 Å². The van der Waals surface area contributed by atoms with Crippen LogP contribution in [0.5, 0.6) is 5.75 Å². The van der Waals surface area contributed by atoms with Gasteiger partial charge < -0.3 is 4.74 Å². The van der Waals surface area contributed by atoms with Crippen molar-refractivity contribution in [2.75, 3.05) is 6.61 Å². The number of benzene rings is 1. The van der Waals surface area contributed by atoms with Crippen molar-refractivity contribution in [3.05, 3.63) is 29.6 Å². The summed E-state index contributed by atoms with van der Waals surface area (Å²) in [6.45, 7) is -0.818. The molecular weight excluding hydrogens is 197 g/mol. The van der Waals surface area contributed by atoms with Gasteiger partial charge in [0.25, 0.3) is 6.43 Å². The zero-order chi connectivity index (χ0) is 10.6. The average molecular weight is 204 g/mol. The quantitative estimate of drug-likeness (QED) is 0.703. The van der Waals surface area contributed by atoms with Crippen molar-refractivity contribution < 1.29 is 22.7 Å². The summed E-state index contributed by atoms with van der Waals surface area (Å²) in [4.78, 5) is 10.3. The number of rotatable bonds is 4. The first-order chi connectivity index (χ1) is 6.61. The van der Waals surface area contributed by atoms with Crippen LogP contribution in [-0.4, -0.2) is 19.3 Å². The van der Waals surface area contributed by atoms with E-state index in [1.54, 1.807) is 0 Å². The first-order valence-corrected chi connectivity index (χ1v) is 3.78. The molecule has 0 atom stereocenters. The topological polar surface area (TPSA) is 26.3 Å². The van der Waals surface area contributed by atoms with Crippen LogP contribution in [0.3, 0.4) is 0 Å². The molecule has 0 bridgehead atoms. The van der Waals surface area contributed by atoms with Crippen LogP contribution in [0, 0.1) is 5.82 Å². The van der Waals surface area contributed by atoms with Gasteiger partial charge in [-0.1, -0.05) is 0 Å². The normalized spacial score (nSPS) is 10.3. The fourth-order valence-corrected chi connectivity index (χ4v) is 0.895. The maximum absolute atomic E-state index is 12.7. The average Bonchev–Trinajstić information content (AvgIpc) is 2.14. The zero-order valence-electron chi connectivity index (χ0n) is 7.04. The summed E-state index contributed by atoms with van der Waals surface area (Å²) in [6, 6.07) is 3.12. The third-order valence-corrected chi connectivity index (χ3v) is 1.41. The molecule has 0 aliphatic heterocycles. The van der Waals surface area contributed by atoms with E-state index in [1.807, 2.05) is 0 Å². The van der Waals surface area contributed by atoms with E-state index in [0.717, 1.165) is 12.1 Å². The number of carbonyl (C=O) groups excluding carboxylic acids is 1. The van der Waals surface area contributed by atoms with Gasteiger partial charge in [0.1, 0.15) is 24.5 Å². The Morgan fingerprint density at radius 2 is 2.07 bits per heavy atom. The highest BCUT2D eigenvalue weighted by Gasteiger charge is 2.05. The Balaban J connectivity index is 2.76. The number of ether oxygens (including phenoxy) is 1. The van der Waals surface area contributed by atoms with Crippen LogP contribution in [0.15, 0.2) is 18.2 Å². The van der Waals surface area contributed by atoms with Crippen molar-refractivity contribution in [2.24, 2.45) is 0 Å². The predicted molar refractivity (Wildman–Crippen MR) is 43.3 cm³/mol. The summed E-state index contributed by atoms with van der Waals surface area (Å²) in [6.07, 6.45) is -2.21. The molecule has 0 amide bonds. The highest BCUT2D eigenvalue weighted by atomic mass is 19.3. The van der Waals surface area contributed by atoms with Crippen molar-refractivity contribution in [1.82, 2.24) is 0 Å². The molecule has 14 heavy (non-hydrogen) atoms. The SMILES string of the molecule is O=Cc1cc(F)cc(OCC(F)F)c1. The molecule has 5 heteroatoms. The van der Waals surface area contributed by atoms with E-state index in [0.29, 0.717) is 6.29 Å². The van der Waals surface area contributed by atoms with E-state index in [9.17, 15) is 18.0 Å². The van der Waals surface area contributed by atoms with Crippen molar-refractivity contribution in [2.45, 2.75) is 6.43 Å². The number of carbonyl (C=O) groups is 1. The monoisotopic (exact) mass is 204 g/mol. The highest BCUT2D eigenvalue weighted by molar-refractivity contribution is 5.75. The Hall–Kier alpha value is -1.52. The van der Waals surface area contributed by atoms with Crippen LogP contribution >= 0.6 is 0 Å². The summed E-state index contributed by atoms with van der Waals surface area (Å²) >= 11 is 0. The first kappa shape index (κ1) is 10.6. The van der Waals surface area contributed by atoms with Crippen LogP contribution in [0.4, 0.5) is 13.2 Å². The van der Waals surface area contributed by atoms with Crippen molar-refractivity contribution in [3.8, 4) is 5.75 Å². The maximum Gasteiger partial charge on any atom is 0.272 e. The lowest BCUT2D eigenvalue weighted by Gasteiger charge is -2.05. The van der Waals surface area contributed by atoms with Crippen LogP contribution < -0.4 is 4.74 Å². The lowest BCUT2D eigenvalue weighted by atomic mass is 10.2. The summed E-state index contributed by atoms with van der Waals surface area (Å²) < 4.78 is 40.7. The second kappa shape index (κ2) is 4.64. The Morgan fingerprint density at radius 1 is 1.36 bits per heavy atom. The van der Waals surface area contributed by atoms with Crippen LogP contribution in [0.25, 0.3) is 0 Å². The minimum Gasteiger partial charge on any atom is -0.488 e. The fraction of sp³-hybridized carbons (Fsp3) is 0.222. The van der Waals surface area contributed by atoms with Gasteiger partial charge in [-0.05, 0) is 12.1 Å². The minimum absolute atomic E-state index is 0.0502. The van der Waals surface area contributed by atoms with E-state index in [2.05, 4.69) is 4.74 Å². The van der Waals surface area contributed by atoms with Crippen LogP contribution in [0.2, 0.25) is 0 Å². The Kier molecular flexibility index (Phi) is 3.50. The fourth-order valence-electron chi connectivity index (χ4n) is 0.895. The molecule has 0 aliphatic carbocycles. The molecule has 1 aromatic rings. The summed E-state index contributed by atoms with van der Waals surface area (Å²) in [7, 11) is 0. The van der Waals surface area contributed by atoms with Gasteiger partial charge in [0.05, 0.1) is 0 Å². The Bertz CT molecular complexity index is 326. The molecule has 0 N–H and O–H groups in total. The third kappa shape index (κ3) is 3.08. The minimum atomic E-state index is -2.63. The summed E-state index contributed by atoms with van der Waals surface area (Å²) in [5.41, 5.74) is 0.0502. The van der Waals surface area contributed by atoms with Crippen molar-refractivity contribution in [3.63, 3.8) is 0 Å². The molecule has 76 valence electrons. The zero-order valence-corrected chi connectivity index (χ0v) is 7.04. The number of hydrogen-bond donors (Lipinski definition) is 0. The molecule has 0 radical (unpaired) electrons. The lowest BCUT2D eigenvalue weighted by molar-refractivity contribution is 0.0817. The molecule has 0 spiro atoms. The standard InChI is InChI=1S/C9H7F3O2/c10-7-1-6(4-13)2-8(3-7)14-5-9(11)12/h1-4,9H,5H2. The van der Waals surface area contributed by atoms with E-state index in [4.69, 9.17) is 0 Å². The van der Waals surface area contributed by atoms with Gasteiger partial charge in [-0.25, -0.2) is 13.2 Å². The van der Waals surface area contributed by atoms with Gasteiger partial charge in [-0.3, -0.25) is 4.79 Å². The van der Waals surface area contributed by atoms with Crippen LogP contribution in [0.1, 0.15) is 10.4 Å². The summed E-state index contributed by atoms with van der Waals surface area (Å²) in [5, 5.41) is 0. The predicted octanol–water partition coefficient (Wildman–Crippen LogP) is 2.28. The Morgan fingerprint density at radius 3 is 2.64 bits per heavy atom. The number of alkyl halides is 2. The van der Waals surface area contributed by atoms with E-state index < -0.39 is 18.8 Å². The van der Waals surface area contributed by atoms with Gasteiger partial charge in [-0.2, -0.15) is 0 Å². The Labute approximate surface area is 78.3 Å². The second-order valence-electron chi connectivity index (χ2n) is 2.54. The molecule has 0 saturated carbocycles. The number of halogens is 3. The van der Waals surface area contributed by atoms with Gasteiger partial charge in [0.15, 0.2) is 0 Å². The van der Waals surface area contributed by atoms with Gasteiger partial charge in [0, 0.05) is 11.6 Å². The molecule has 0 aliphatic rings. The van der Waals surface area contributed by atoms with Gasteiger partial charge >= 0.3 is 0 Å². The highest BCUT2D eigenvalue weighted by Crippen LogP contribution is 2.15. The molecule has 0 unspecified atom stereocenters. The lowest BCUT2D eigenvalue weighted by Crippen LogP contribution is -2.07. The molecule has 0 heterocycles. The van der Waals surface area contributed by atoms with Gasteiger partial charge in [-0.15, -0.1) is 0 Å². The molecule has 0 saturated heterocycles. The van der Waals surface area contributed by atoms with E-state index >= 15 is 0 Å². The first-order valence-electron chi connectivity index (χ1n) is 3.78. The molecule has 0 aromatic heterocycles. The smallest absolute Gasteiger partial charge is 0.272 e. The number of hydrogen-bond acceptors (Lipinski definition) is 2. The third-order valence-electron chi connectivity index (χ3n) is 1.41. The van der Waals surface area contributed by atoms with E-state index in [1.165, 1.54) is 6.07 Å². The molecule has 1 rings (SSSR count). The molecule has 2 nitrogen and oxygen atoms in total. The maximum atomic E-state index is 12.7. The molecule has 0 fully saturated rings. The largest absolute Gasteiger partial charge is 0.488 e. The van der Waals surface area contributed by atoms with Crippen molar-refractivity contribution >= 4 is 6.29 Å². The molecular formula is C9H7F3O2. The molecule has 1 aromatic carbocycles. The van der Waals surface area contributed by atoms with Crippen molar-refractivity contribution in [1.29, 1.82) is 0 Å².